The van der Waals surface area contributed by atoms with Crippen LogP contribution in [0.15, 0.2) is 42.5 Å². The molecular formula is C28H40FN3O4S. The first-order valence-corrected chi connectivity index (χ1v) is 14.7. The van der Waals surface area contributed by atoms with Gasteiger partial charge in [-0.15, -0.1) is 0 Å². The summed E-state index contributed by atoms with van der Waals surface area (Å²) in [7, 11) is -3.56. The molecule has 37 heavy (non-hydrogen) atoms. The number of amides is 2. The molecular weight excluding hydrogens is 493 g/mol. The summed E-state index contributed by atoms with van der Waals surface area (Å²) in [5.74, 6) is -0.853. The Hall–Kier alpha value is -2.94. The topological polar surface area (TPSA) is 86.8 Å². The molecule has 9 heteroatoms. The van der Waals surface area contributed by atoms with Crippen molar-refractivity contribution in [3.05, 3.63) is 65.0 Å². The van der Waals surface area contributed by atoms with Crippen molar-refractivity contribution in [2.75, 3.05) is 23.7 Å². The summed E-state index contributed by atoms with van der Waals surface area (Å²) in [4.78, 5) is 27.9. The summed E-state index contributed by atoms with van der Waals surface area (Å²) >= 11 is 0. The Morgan fingerprint density at radius 1 is 1.00 bits per heavy atom. The normalized spacial score (nSPS) is 12.2. The Kier molecular flexibility index (Phi) is 11.6. The van der Waals surface area contributed by atoms with Gasteiger partial charge in [-0.1, -0.05) is 38.5 Å². The maximum absolute atomic E-state index is 13.4. The Morgan fingerprint density at radius 2 is 1.62 bits per heavy atom. The fourth-order valence-electron chi connectivity index (χ4n) is 4.31. The van der Waals surface area contributed by atoms with Gasteiger partial charge >= 0.3 is 0 Å². The van der Waals surface area contributed by atoms with Crippen LogP contribution in [0.5, 0.6) is 0 Å². The van der Waals surface area contributed by atoms with Crippen molar-refractivity contribution >= 4 is 27.5 Å². The number of halogens is 1. The van der Waals surface area contributed by atoms with Gasteiger partial charge in [0.2, 0.25) is 21.8 Å². The number of sulfonamides is 1. The van der Waals surface area contributed by atoms with Gasteiger partial charge in [-0.05, 0) is 74.1 Å². The lowest BCUT2D eigenvalue weighted by Crippen LogP contribution is -2.49. The molecule has 0 heterocycles. The predicted octanol–water partition coefficient (Wildman–Crippen LogP) is 4.71. The Labute approximate surface area is 221 Å². The molecule has 0 aliphatic carbocycles. The third-order valence-electron chi connectivity index (χ3n) is 6.13. The molecule has 0 bridgehead atoms. The van der Waals surface area contributed by atoms with E-state index in [1.807, 2.05) is 45.9 Å². The molecule has 2 aromatic rings. The number of benzene rings is 2. The van der Waals surface area contributed by atoms with E-state index in [9.17, 15) is 22.4 Å². The third kappa shape index (κ3) is 9.46. The minimum atomic E-state index is -3.56. The lowest BCUT2D eigenvalue weighted by molar-refractivity contribution is -0.141. The van der Waals surface area contributed by atoms with E-state index in [1.165, 1.54) is 21.3 Å². The first kappa shape index (κ1) is 30.3. The van der Waals surface area contributed by atoms with Crippen LogP contribution in [-0.4, -0.2) is 50.5 Å². The van der Waals surface area contributed by atoms with E-state index in [0.717, 1.165) is 30.2 Å². The molecule has 2 amide bonds. The number of carbonyl (C=O) groups excluding carboxylic acids is 2. The van der Waals surface area contributed by atoms with Crippen molar-refractivity contribution in [2.24, 2.45) is 0 Å². The largest absolute Gasteiger partial charge is 0.354 e. The van der Waals surface area contributed by atoms with Crippen LogP contribution in [0.1, 0.15) is 62.6 Å². The average Bonchev–Trinajstić information content (AvgIpc) is 2.81. The molecule has 0 radical (unpaired) electrons. The first-order valence-electron chi connectivity index (χ1n) is 12.8. The number of nitrogens with one attached hydrogen (secondary N) is 1. The second-order valence-corrected chi connectivity index (χ2v) is 11.4. The molecule has 204 valence electrons. The summed E-state index contributed by atoms with van der Waals surface area (Å²) < 4.78 is 39.9. The number of anilines is 1. The van der Waals surface area contributed by atoms with E-state index in [0.29, 0.717) is 24.2 Å². The Morgan fingerprint density at radius 3 is 2.16 bits per heavy atom. The first-order chi connectivity index (χ1) is 17.5. The zero-order chi connectivity index (χ0) is 27.6. The van der Waals surface area contributed by atoms with Crippen molar-refractivity contribution in [3.63, 3.8) is 0 Å². The van der Waals surface area contributed by atoms with E-state index in [-0.39, 0.29) is 43.6 Å². The zero-order valence-corrected chi connectivity index (χ0v) is 23.4. The third-order valence-corrected chi connectivity index (χ3v) is 7.32. The summed E-state index contributed by atoms with van der Waals surface area (Å²) in [5, 5.41) is 2.91. The van der Waals surface area contributed by atoms with Crippen LogP contribution in [-0.2, 0) is 26.2 Å². The van der Waals surface area contributed by atoms with Gasteiger partial charge in [-0.2, -0.15) is 0 Å². The van der Waals surface area contributed by atoms with E-state index in [4.69, 9.17) is 0 Å². The number of aryl methyl sites for hydroxylation is 2. The molecule has 1 N–H and O–H groups in total. The Balaban J connectivity index is 2.21. The average molecular weight is 534 g/mol. The molecule has 1 unspecified atom stereocenters. The van der Waals surface area contributed by atoms with E-state index < -0.39 is 16.1 Å². The van der Waals surface area contributed by atoms with Crippen LogP contribution in [0.2, 0.25) is 0 Å². The summed E-state index contributed by atoms with van der Waals surface area (Å²) in [6, 6.07) is 10.8. The van der Waals surface area contributed by atoms with Gasteiger partial charge in [-0.3, -0.25) is 13.9 Å². The van der Waals surface area contributed by atoms with E-state index >= 15 is 0 Å². The molecule has 0 saturated carbocycles. The number of rotatable bonds is 14. The monoisotopic (exact) mass is 533 g/mol. The van der Waals surface area contributed by atoms with Crippen molar-refractivity contribution in [1.82, 2.24) is 10.2 Å². The highest BCUT2D eigenvalue weighted by Crippen LogP contribution is 2.22. The quantitative estimate of drug-likeness (QED) is 0.356. The molecule has 0 aliphatic heterocycles. The lowest BCUT2D eigenvalue weighted by atomic mass is 10.1. The van der Waals surface area contributed by atoms with Crippen molar-refractivity contribution < 1.29 is 22.4 Å². The Bertz CT molecular complexity index is 1130. The van der Waals surface area contributed by atoms with Gasteiger partial charge in [0.05, 0.1) is 11.9 Å². The fourth-order valence-corrected chi connectivity index (χ4v) is 5.26. The minimum absolute atomic E-state index is 0.0662. The van der Waals surface area contributed by atoms with Crippen molar-refractivity contribution in [2.45, 2.75) is 72.4 Å². The maximum atomic E-state index is 13.4. The highest BCUT2D eigenvalue weighted by molar-refractivity contribution is 7.92. The number of carbonyl (C=O) groups is 2. The lowest BCUT2D eigenvalue weighted by Gasteiger charge is -2.31. The highest BCUT2D eigenvalue weighted by atomic mass is 32.2. The SMILES string of the molecule is CCCCNC(=O)C(CC)N(Cc1ccc(F)cc1)C(=O)CCCN(c1cc(C)cc(C)c1)S(C)(=O)=O. The summed E-state index contributed by atoms with van der Waals surface area (Å²) in [5.41, 5.74) is 3.18. The minimum Gasteiger partial charge on any atom is -0.354 e. The van der Waals surface area contributed by atoms with Gasteiger partial charge in [0.25, 0.3) is 0 Å². The molecule has 7 nitrogen and oxygen atoms in total. The standard InChI is InChI=1S/C28H40FN3O4S/c1-6-8-15-30-28(34)26(7-2)31(20-23-11-13-24(29)14-12-23)27(33)10-9-16-32(37(5,35)36)25-18-21(3)17-22(4)19-25/h11-14,17-19,26H,6-10,15-16,20H2,1-5H3,(H,30,34). The fraction of sp³-hybridized carbons (Fsp3) is 0.500. The molecule has 0 spiro atoms. The van der Waals surface area contributed by atoms with Gasteiger partial charge < -0.3 is 10.2 Å². The predicted molar refractivity (Wildman–Crippen MR) is 146 cm³/mol. The summed E-state index contributed by atoms with van der Waals surface area (Å²) in [6.45, 7) is 8.52. The number of nitrogens with zero attached hydrogens (tertiary/aromatic N) is 2. The van der Waals surface area contributed by atoms with E-state index in [1.54, 1.807) is 12.1 Å². The summed E-state index contributed by atoms with van der Waals surface area (Å²) in [6.07, 6.45) is 3.70. The van der Waals surface area contributed by atoms with Gasteiger partial charge in [0, 0.05) is 26.1 Å². The van der Waals surface area contributed by atoms with Gasteiger partial charge in [-0.25, -0.2) is 12.8 Å². The number of unbranched alkanes of at least 4 members (excludes halogenated alkanes) is 1. The maximum Gasteiger partial charge on any atom is 0.242 e. The highest BCUT2D eigenvalue weighted by Gasteiger charge is 2.28. The van der Waals surface area contributed by atoms with E-state index in [2.05, 4.69) is 5.32 Å². The molecule has 0 aromatic heterocycles. The van der Waals surface area contributed by atoms with Crippen LogP contribution in [0.3, 0.4) is 0 Å². The van der Waals surface area contributed by atoms with Gasteiger partial charge in [0.1, 0.15) is 11.9 Å². The van der Waals surface area contributed by atoms with Crippen LogP contribution in [0.25, 0.3) is 0 Å². The van der Waals surface area contributed by atoms with Crippen molar-refractivity contribution in [1.29, 1.82) is 0 Å². The number of hydrogen-bond acceptors (Lipinski definition) is 4. The molecule has 0 saturated heterocycles. The smallest absolute Gasteiger partial charge is 0.242 e. The molecule has 2 rings (SSSR count). The van der Waals surface area contributed by atoms with Crippen molar-refractivity contribution in [3.8, 4) is 0 Å². The van der Waals surface area contributed by atoms with Crippen LogP contribution >= 0.6 is 0 Å². The second kappa shape index (κ2) is 14.1. The molecule has 1 atom stereocenters. The van der Waals surface area contributed by atoms with Crippen LogP contribution in [0.4, 0.5) is 10.1 Å². The second-order valence-electron chi connectivity index (χ2n) is 9.50. The molecule has 2 aromatic carbocycles. The zero-order valence-electron chi connectivity index (χ0n) is 22.6. The molecule has 0 aliphatic rings. The van der Waals surface area contributed by atoms with Gasteiger partial charge in [0.15, 0.2) is 0 Å². The number of hydrogen-bond donors (Lipinski definition) is 1. The van der Waals surface area contributed by atoms with Crippen LogP contribution < -0.4 is 9.62 Å². The molecule has 0 fully saturated rings. The van der Waals surface area contributed by atoms with Crippen LogP contribution in [0, 0.1) is 19.7 Å².